The molecule has 0 bridgehead atoms. The van der Waals surface area contributed by atoms with Crippen LogP contribution in [-0.2, 0) is 14.4 Å². The third kappa shape index (κ3) is 3.16. The molecule has 8 nitrogen and oxygen atoms in total. The van der Waals surface area contributed by atoms with Crippen LogP contribution in [0.15, 0.2) is 72.8 Å². The highest BCUT2D eigenvalue weighted by molar-refractivity contribution is 6.21. The molecule has 2 fully saturated rings. The minimum absolute atomic E-state index is 0.0978. The van der Waals surface area contributed by atoms with Gasteiger partial charge in [0.1, 0.15) is 12.1 Å². The first-order valence-electron chi connectivity index (χ1n) is 12.8. The summed E-state index contributed by atoms with van der Waals surface area (Å²) >= 11 is 0. The Labute approximate surface area is 218 Å². The molecule has 0 radical (unpaired) electrons. The highest BCUT2D eigenvalue weighted by Crippen LogP contribution is 2.55. The molecule has 1 saturated heterocycles. The van der Waals surface area contributed by atoms with E-state index in [1.54, 1.807) is 12.1 Å². The minimum Gasteiger partial charge on any atom is -0.448 e. The fourth-order valence-electron chi connectivity index (χ4n) is 6.38. The van der Waals surface area contributed by atoms with E-state index in [-0.39, 0.29) is 29.6 Å². The summed E-state index contributed by atoms with van der Waals surface area (Å²) in [5.74, 6) is -2.34. The van der Waals surface area contributed by atoms with Gasteiger partial charge in [0.25, 0.3) is 11.8 Å². The summed E-state index contributed by atoms with van der Waals surface area (Å²) in [6.07, 6.45) is 1.31. The number of ether oxygens (including phenoxy) is 1. The predicted octanol–water partition coefficient (Wildman–Crippen LogP) is 4.54. The smallest absolute Gasteiger partial charge is 0.410 e. The molecule has 4 aliphatic rings. The second-order valence-electron chi connectivity index (χ2n) is 10.3. The van der Waals surface area contributed by atoms with Crippen LogP contribution in [0.3, 0.4) is 0 Å². The maximum atomic E-state index is 13.4. The van der Waals surface area contributed by atoms with Crippen molar-refractivity contribution in [1.82, 2.24) is 9.96 Å². The lowest BCUT2D eigenvalue weighted by Gasteiger charge is -2.34. The number of hydrogen-bond donors (Lipinski definition) is 0. The van der Waals surface area contributed by atoms with Crippen LogP contribution in [0, 0.1) is 5.92 Å². The van der Waals surface area contributed by atoms with Gasteiger partial charge in [-0.25, -0.2) is 9.59 Å². The number of carbonyl (C=O) groups excluding carboxylic acids is 4. The summed E-state index contributed by atoms with van der Waals surface area (Å²) in [6, 6.07) is 22.5. The third-order valence-electron chi connectivity index (χ3n) is 8.33. The van der Waals surface area contributed by atoms with Gasteiger partial charge in [-0.2, -0.15) is 0 Å². The van der Waals surface area contributed by atoms with Crippen molar-refractivity contribution in [3.05, 3.63) is 95.1 Å². The zero-order valence-electron chi connectivity index (χ0n) is 20.5. The highest BCUT2D eigenvalue weighted by atomic mass is 16.7. The molecule has 0 N–H and O–H groups in total. The summed E-state index contributed by atoms with van der Waals surface area (Å²) in [5.41, 5.74) is 3.61. The summed E-state index contributed by atoms with van der Waals surface area (Å²) in [4.78, 5) is 59.2. The topological polar surface area (TPSA) is 93.2 Å². The van der Waals surface area contributed by atoms with Crippen LogP contribution < -0.4 is 0 Å². The van der Waals surface area contributed by atoms with E-state index in [2.05, 4.69) is 12.1 Å². The molecular weight excluding hydrogens is 484 g/mol. The normalized spacial score (nSPS) is 22.9. The summed E-state index contributed by atoms with van der Waals surface area (Å²) < 4.78 is 5.85. The van der Waals surface area contributed by atoms with Gasteiger partial charge in [-0.05, 0) is 59.6 Å². The number of benzene rings is 3. The van der Waals surface area contributed by atoms with Crippen LogP contribution in [0.25, 0.3) is 11.1 Å². The number of amides is 3. The minimum atomic E-state index is -1.23. The van der Waals surface area contributed by atoms with E-state index < -0.39 is 29.4 Å². The van der Waals surface area contributed by atoms with Gasteiger partial charge >= 0.3 is 12.1 Å². The Balaban J connectivity index is 1.09. The SMILES string of the molecule is O=C1c2ccccc2C(=O)N1OC(=O)[C@]12C[C@H]1CCCN2C(=O)OCC1c2ccccc2-c2ccccc21. The van der Waals surface area contributed by atoms with E-state index in [9.17, 15) is 19.2 Å². The Morgan fingerprint density at radius 2 is 1.37 bits per heavy atom. The molecule has 2 heterocycles. The largest absolute Gasteiger partial charge is 0.448 e. The summed E-state index contributed by atoms with van der Waals surface area (Å²) in [5, 5.41) is 0.516. The fraction of sp³-hybridized carbons (Fsp3) is 0.267. The molecule has 3 aromatic carbocycles. The first-order valence-corrected chi connectivity index (χ1v) is 12.8. The van der Waals surface area contributed by atoms with E-state index in [1.807, 2.05) is 36.4 Å². The molecule has 0 spiro atoms. The number of carbonyl (C=O) groups is 4. The van der Waals surface area contributed by atoms with Crippen molar-refractivity contribution in [2.75, 3.05) is 13.2 Å². The number of nitrogens with zero attached hydrogens (tertiary/aromatic N) is 2. The van der Waals surface area contributed by atoms with E-state index >= 15 is 0 Å². The first-order chi connectivity index (χ1) is 18.5. The molecule has 3 amide bonds. The van der Waals surface area contributed by atoms with E-state index in [1.165, 1.54) is 17.0 Å². The van der Waals surface area contributed by atoms with Crippen LogP contribution in [0.2, 0.25) is 0 Å². The van der Waals surface area contributed by atoms with Gasteiger partial charge in [-0.3, -0.25) is 14.5 Å². The molecule has 2 aliphatic heterocycles. The molecule has 2 atom stereocenters. The third-order valence-corrected chi connectivity index (χ3v) is 8.33. The average molecular weight is 509 g/mol. The molecular formula is C30H24N2O6. The molecule has 7 rings (SSSR count). The van der Waals surface area contributed by atoms with Crippen LogP contribution in [-0.4, -0.2) is 52.5 Å². The number of imide groups is 1. The lowest BCUT2D eigenvalue weighted by molar-refractivity contribution is -0.177. The summed E-state index contributed by atoms with van der Waals surface area (Å²) in [7, 11) is 0. The zero-order chi connectivity index (χ0) is 26.0. The van der Waals surface area contributed by atoms with Crippen LogP contribution in [0.4, 0.5) is 4.79 Å². The molecule has 190 valence electrons. The van der Waals surface area contributed by atoms with Crippen LogP contribution >= 0.6 is 0 Å². The number of hydrogen-bond acceptors (Lipinski definition) is 6. The standard InChI is InChI=1S/C30H24N2O6/c33-26-23-13-5-6-14-24(23)27(34)32(26)38-28(35)30-16-18(30)8-7-15-31(30)29(36)37-17-25-21-11-3-1-9-19(21)20-10-2-4-12-22(20)25/h1-6,9-14,18,25H,7-8,15-17H2/t18-,30+/m1/s1. The molecule has 0 aromatic heterocycles. The Bertz CT molecular complexity index is 1450. The van der Waals surface area contributed by atoms with E-state index in [0.717, 1.165) is 35.1 Å². The Morgan fingerprint density at radius 1 is 0.816 bits per heavy atom. The first kappa shape index (κ1) is 22.7. The fourth-order valence-corrected chi connectivity index (χ4v) is 6.38. The Morgan fingerprint density at radius 3 is 1.97 bits per heavy atom. The predicted molar refractivity (Wildman–Crippen MR) is 135 cm³/mol. The van der Waals surface area contributed by atoms with Crippen molar-refractivity contribution in [3.8, 4) is 11.1 Å². The van der Waals surface area contributed by atoms with Gasteiger partial charge in [0, 0.05) is 12.5 Å². The lowest BCUT2D eigenvalue weighted by Crippen LogP contribution is -2.53. The monoisotopic (exact) mass is 508 g/mol. The Hall–Kier alpha value is -4.46. The van der Waals surface area contributed by atoms with Crippen molar-refractivity contribution in [2.45, 2.75) is 30.7 Å². The van der Waals surface area contributed by atoms with Crippen molar-refractivity contribution < 1.29 is 28.8 Å². The van der Waals surface area contributed by atoms with Crippen LogP contribution in [0.1, 0.15) is 57.0 Å². The number of likely N-dealkylation sites (tertiary alicyclic amines) is 1. The number of fused-ring (bicyclic) bond motifs is 5. The molecule has 8 heteroatoms. The lowest BCUT2D eigenvalue weighted by atomic mass is 9.98. The molecule has 0 unspecified atom stereocenters. The van der Waals surface area contributed by atoms with Gasteiger partial charge in [-0.1, -0.05) is 65.7 Å². The summed E-state index contributed by atoms with van der Waals surface area (Å²) in [6.45, 7) is 0.474. The quantitative estimate of drug-likeness (QED) is 0.481. The van der Waals surface area contributed by atoms with Crippen molar-refractivity contribution in [2.24, 2.45) is 5.92 Å². The van der Waals surface area contributed by atoms with Crippen molar-refractivity contribution >= 4 is 23.9 Å². The second kappa shape index (κ2) is 8.28. The molecule has 1 saturated carbocycles. The highest BCUT2D eigenvalue weighted by Gasteiger charge is 2.69. The molecule has 2 aliphatic carbocycles. The van der Waals surface area contributed by atoms with Gasteiger partial charge in [0.15, 0.2) is 0 Å². The maximum absolute atomic E-state index is 13.4. The van der Waals surface area contributed by atoms with Gasteiger partial charge in [0.2, 0.25) is 0 Å². The van der Waals surface area contributed by atoms with E-state index in [4.69, 9.17) is 9.57 Å². The van der Waals surface area contributed by atoms with Crippen LogP contribution in [0.5, 0.6) is 0 Å². The molecule has 3 aromatic rings. The zero-order valence-corrected chi connectivity index (χ0v) is 20.5. The van der Waals surface area contributed by atoms with Crippen molar-refractivity contribution in [1.29, 1.82) is 0 Å². The maximum Gasteiger partial charge on any atom is 0.410 e. The Kier molecular flexibility index (Phi) is 4.95. The van der Waals surface area contributed by atoms with Gasteiger partial charge in [0.05, 0.1) is 11.1 Å². The van der Waals surface area contributed by atoms with E-state index in [0.29, 0.717) is 18.0 Å². The number of rotatable bonds is 4. The average Bonchev–Trinajstić information content (AvgIpc) is 3.57. The van der Waals surface area contributed by atoms with Crippen molar-refractivity contribution in [3.63, 3.8) is 0 Å². The van der Waals surface area contributed by atoms with Gasteiger partial charge in [-0.15, -0.1) is 0 Å². The van der Waals surface area contributed by atoms with Gasteiger partial charge < -0.3 is 9.57 Å². The number of hydroxylamine groups is 2. The second-order valence-corrected chi connectivity index (χ2v) is 10.3. The molecule has 38 heavy (non-hydrogen) atoms. The number of piperidine rings is 1.